The summed E-state index contributed by atoms with van der Waals surface area (Å²) in [4.78, 5) is 0. The van der Waals surface area contributed by atoms with Gasteiger partial charge in [-0.3, -0.25) is 0 Å². The zero-order valence-electron chi connectivity index (χ0n) is 8.39. The van der Waals surface area contributed by atoms with Gasteiger partial charge in [0.25, 0.3) is 0 Å². The highest BCUT2D eigenvalue weighted by Crippen LogP contribution is 2.34. The van der Waals surface area contributed by atoms with E-state index in [0.717, 1.165) is 31.4 Å². The first-order valence-corrected chi connectivity index (χ1v) is 5.78. The van der Waals surface area contributed by atoms with Gasteiger partial charge in [0, 0.05) is 0 Å². The molecule has 0 bridgehead atoms. The number of nitrogens with zero attached hydrogens (tertiary/aromatic N) is 1. The van der Waals surface area contributed by atoms with E-state index in [0.29, 0.717) is 0 Å². The highest BCUT2D eigenvalue weighted by atomic mass is 32.2. The molecule has 0 aliphatic carbocycles. The molecule has 0 amide bonds. The van der Waals surface area contributed by atoms with Crippen LogP contribution in [0, 0.1) is 11.3 Å². The van der Waals surface area contributed by atoms with Crippen LogP contribution in [-0.2, 0) is 0 Å². The standard InChI is InChI=1S/C10H19NS/c1-4-7-10(9-11,8-5-2)12-6-3/h4-8H2,1-3H3. The molecule has 0 saturated carbocycles. The average molecular weight is 185 g/mol. The summed E-state index contributed by atoms with van der Waals surface area (Å²) in [5.41, 5.74) is 0. The van der Waals surface area contributed by atoms with Crippen LogP contribution >= 0.6 is 11.8 Å². The number of thioether (sulfide) groups is 1. The predicted molar refractivity (Wildman–Crippen MR) is 56.3 cm³/mol. The first-order valence-electron chi connectivity index (χ1n) is 4.79. The molecule has 0 rings (SSSR count). The Labute approximate surface area is 80.5 Å². The van der Waals surface area contributed by atoms with E-state index in [1.54, 1.807) is 0 Å². The summed E-state index contributed by atoms with van der Waals surface area (Å²) in [6.07, 6.45) is 4.30. The maximum Gasteiger partial charge on any atom is 0.102 e. The van der Waals surface area contributed by atoms with Crippen molar-refractivity contribution in [3.8, 4) is 6.07 Å². The topological polar surface area (TPSA) is 23.8 Å². The average Bonchev–Trinajstić information content (AvgIpc) is 2.06. The second kappa shape index (κ2) is 6.37. The van der Waals surface area contributed by atoms with Gasteiger partial charge in [0.2, 0.25) is 0 Å². The van der Waals surface area contributed by atoms with Crippen LogP contribution in [0.1, 0.15) is 46.5 Å². The third-order valence-electron chi connectivity index (χ3n) is 1.93. The minimum atomic E-state index is -0.0851. The molecule has 0 heterocycles. The second-order valence-corrected chi connectivity index (χ2v) is 4.69. The van der Waals surface area contributed by atoms with E-state index < -0.39 is 0 Å². The molecule has 0 spiro atoms. The molecule has 1 nitrogen and oxygen atoms in total. The first kappa shape index (κ1) is 11.8. The lowest BCUT2D eigenvalue weighted by molar-refractivity contribution is 0.584. The monoisotopic (exact) mass is 185 g/mol. The molecule has 0 aliphatic heterocycles. The van der Waals surface area contributed by atoms with Crippen LogP contribution in [-0.4, -0.2) is 10.5 Å². The number of hydrogen-bond donors (Lipinski definition) is 0. The number of nitriles is 1. The molecular weight excluding hydrogens is 166 g/mol. The normalized spacial score (nSPS) is 11.2. The Morgan fingerprint density at radius 3 is 1.92 bits per heavy atom. The molecule has 0 atom stereocenters. The van der Waals surface area contributed by atoms with Crippen molar-refractivity contribution < 1.29 is 0 Å². The molecule has 0 fully saturated rings. The lowest BCUT2D eigenvalue weighted by atomic mass is 9.99. The summed E-state index contributed by atoms with van der Waals surface area (Å²) in [7, 11) is 0. The van der Waals surface area contributed by atoms with Gasteiger partial charge < -0.3 is 0 Å². The Morgan fingerprint density at radius 2 is 1.67 bits per heavy atom. The first-order chi connectivity index (χ1) is 5.74. The molecule has 70 valence electrons. The molecule has 2 heteroatoms. The molecule has 12 heavy (non-hydrogen) atoms. The van der Waals surface area contributed by atoms with Gasteiger partial charge in [-0.1, -0.05) is 33.6 Å². The Morgan fingerprint density at radius 1 is 1.17 bits per heavy atom. The van der Waals surface area contributed by atoms with Crippen LogP contribution in [0.25, 0.3) is 0 Å². The number of hydrogen-bond acceptors (Lipinski definition) is 2. The van der Waals surface area contributed by atoms with Crippen molar-refractivity contribution in [1.82, 2.24) is 0 Å². The summed E-state index contributed by atoms with van der Waals surface area (Å²) in [6.45, 7) is 6.43. The van der Waals surface area contributed by atoms with Gasteiger partial charge >= 0.3 is 0 Å². The van der Waals surface area contributed by atoms with Crippen molar-refractivity contribution >= 4 is 11.8 Å². The van der Waals surface area contributed by atoms with E-state index >= 15 is 0 Å². The van der Waals surface area contributed by atoms with Crippen LogP contribution in [0.15, 0.2) is 0 Å². The van der Waals surface area contributed by atoms with E-state index in [1.807, 2.05) is 11.8 Å². The maximum atomic E-state index is 9.10. The predicted octanol–water partition coefficient (Wildman–Crippen LogP) is 3.60. The second-order valence-electron chi connectivity index (χ2n) is 3.04. The van der Waals surface area contributed by atoms with Crippen molar-refractivity contribution in [1.29, 1.82) is 5.26 Å². The molecule has 0 aromatic carbocycles. The molecule has 0 aromatic rings. The summed E-state index contributed by atoms with van der Waals surface area (Å²) in [5, 5.41) is 9.10. The minimum Gasteiger partial charge on any atom is -0.197 e. The van der Waals surface area contributed by atoms with Crippen molar-refractivity contribution in [2.75, 3.05) is 5.75 Å². The van der Waals surface area contributed by atoms with Gasteiger partial charge in [-0.05, 0) is 18.6 Å². The molecule has 0 aliphatic rings. The van der Waals surface area contributed by atoms with Crippen molar-refractivity contribution in [2.24, 2.45) is 0 Å². The van der Waals surface area contributed by atoms with Gasteiger partial charge in [-0.2, -0.15) is 5.26 Å². The Balaban J connectivity index is 4.19. The van der Waals surface area contributed by atoms with Crippen LogP contribution in [0.5, 0.6) is 0 Å². The van der Waals surface area contributed by atoms with E-state index in [1.165, 1.54) is 0 Å². The van der Waals surface area contributed by atoms with Crippen molar-refractivity contribution in [3.05, 3.63) is 0 Å². The van der Waals surface area contributed by atoms with Crippen LogP contribution in [0.2, 0.25) is 0 Å². The quantitative estimate of drug-likeness (QED) is 0.631. The summed E-state index contributed by atoms with van der Waals surface area (Å²) in [6, 6.07) is 2.48. The molecule has 0 unspecified atom stereocenters. The Kier molecular flexibility index (Phi) is 6.28. The van der Waals surface area contributed by atoms with E-state index in [2.05, 4.69) is 26.8 Å². The summed E-state index contributed by atoms with van der Waals surface area (Å²) >= 11 is 1.81. The van der Waals surface area contributed by atoms with Crippen molar-refractivity contribution in [2.45, 2.75) is 51.2 Å². The minimum absolute atomic E-state index is 0.0851. The van der Waals surface area contributed by atoms with Gasteiger partial charge in [0.1, 0.15) is 4.75 Å². The zero-order valence-corrected chi connectivity index (χ0v) is 9.21. The van der Waals surface area contributed by atoms with Crippen LogP contribution in [0.3, 0.4) is 0 Å². The molecule has 0 N–H and O–H groups in total. The summed E-state index contributed by atoms with van der Waals surface area (Å²) in [5.74, 6) is 1.05. The van der Waals surface area contributed by atoms with Crippen LogP contribution < -0.4 is 0 Å². The number of rotatable bonds is 6. The van der Waals surface area contributed by atoms with Gasteiger partial charge in [0.15, 0.2) is 0 Å². The third-order valence-corrected chi connectivity index (χ3v) is 3.27. The lowest BCUT2D eigenvalue weighted by Gasteiger charge is -2.24. The van der Waals surface area contributed by atoms with E-state index in [4.69, 9.17) is 5.26 Å². The zero-order chi connectivity index (χ0) is 9.45. The third kappa shape index (κ3) is 3.49. The Bertz CT molecular complexity index is 131. The summed E-state index contributed by atoms with van der Waals surface area (Å²) < 4.78 is -0.0851. The van der Waals surface area contributed by atoms with Crippen molar-refractivity contribution in [3.63, 3.8) is 0 Å². The highest BCUT2D eigenvalue weighted by Gasteiger charge is 2.27. The molecule has 0 radical (unpaired) electrons. The van der Waals surface area contributed by atoms with Crippen LogP contribution in [0.4, 0.5) is 0 Å². The van der Waals surface area contributed by atoms with E-state index in [9.17, 15) is 0 Å². The molecular formula is C10H19NS. The van der Waals surface area contributed by atoms with Gasteiger partial charge in [-0.15, -0.1) is 11.8 Å². The fourth-order valence-electron chi connectivity index (χ4n) is 1.50. The molecule has 0 saturated heterocycles. The molecule has 0 aromatic heterocycles. The fourth-order valence-corrected chi connectivity index (χ4v) is 2.81. The fraction of sp³-hybridized carbons (Fsp3) is 0.900. The van der Waals surface area contributed by atoms with E-state index in [-0.39, 0.29) is 4.75 Å². The van der Waals surface area contributed by atoms with Gasteiger partial charge in [0.05, 0.1) is 6.07 Å². The smallest absolute Gasteiger partial charge is 0.102 e. The largest absolute Gasteiger partial charge is 0.197 e. The lowest BCUT2D eigenvalue weighted by Crippen LogP contribution is -2.22. The maximum absolute atomic E-state index is 9.10. The Hall–Kier alpha value is -0.160. The SMILES string of the molecule is CCCC(C#N)(CCC)SCC. The van der Waals surface area contributed by atoms with Gasteiger partial charge in [-0.25, -0.2) is 0 Å². The highest BCUT2D eigenvalue weighted by molar-refractivity contribution is 8.00.